The lowest BCUT2D eigenvalue weighted by Crippen LogP contribution is -2.35. The summed E-state index contributed by atoms with van der Waals surface area (Å²) < 4.78 is 0. The lowest BCUT2D eigenvalue weighted by atomic mass is 10.1. The van der Waals surface area contributed by atoms with Gasteiger partial charge in [-0.25, -0.2) is 0 Å². The second-order valence-electron chi connectivity index (χ2n) is 3.20. The molecular formula is C8H17N. The minimum atomic E-state index is 0.250. The average Bonchev–Trinajstić information content (AvgIpc) is 1.63. The van der Waals surface area contributed by atoms with Crippen LogP contribution in [-0.2, 0) is 0 Å². The summed E-state index contributed by atoms with van der Waals surface area (Å²) in [4.78, 5) is 0. The maximum Gasteiger partial charge on any atom is 0.0139 e. The molecule has 0 radical (unpaired) electrons. The molecule has 0 heterocycles. The molecule has 0 aromatic heterocycles. The standard InChI is InChI=1S/C8H17N/c1-5-6-7-9-8(2,3)4/h5-6,9H,7H2,1-4H3. The van der Waals surface area contributed by atoms with E-state index in [0.717, 1.165) is 6.54 Å². The number of hydrogen-bond donors (Lipinski definition) is 1. The van der Waals surface area contributed by atoms with Crippen molar-refractivity contribution in [2.24, 2.45) is 0 Å². The highest BCUT2D eigenvalue weighted by atomic mass is 14.9. The van der Waals surface area contributed by atoms with E-state index in [1.807, 2.05) is 6.92 Å². The molecule has 0 aliphatic carbocycles. The van der Waals surface area contributed by atoms with Crippen molar-refractivity contribution in [2.75, 3.05) is 6.54 Å². The highest BCUT2D eigenvalue weighted by Gasteiger charge is 2.05. The molecule has 1 heteroatoms. The van der Waals surface area contributed by atoms with E-state index in [9.17, 15) is 0 Å². The van der Waals surface area contributed by atoms with E-state index in [4.69, 9.17) is 0 Å². The Hall–Kier alpha value is -0.300. The normalized spacial score (nSPS) is 12.9. The molecule has 0 spiro atoms. The fourth-order valence-electron chi connectivity index (χ4n) is 0.483. The Morgan fingerprint density at radius 1 is 1.33 bits per heavy atom. The van der Waals surface area contributed by atoms with Gasteiger partial charge in [-0.15, -0.1) is 0 Å². The van der Waals surface area contributed by atoms with E-state index in [-0.39, 0.29) is 5.54 Å². The van der Waals surface area contributed by atoms with Gasteiger partial charge in [0, 0.05) is 12.1 Å². The van der Waals surface area contributed by atoms with Crippen LogP contribution in [0.3, 0.4) is 0 Å². The van der Waals surface area contributed by atoms with Crippen LogP contribution in [0, 0.1) is 0 Å². The molecule has 0 unspecified atom stereocenters. The molecule has 0 amide bonds. The van der Waals surface area contributed by atoms with Gasteiger partial charge in [0.15, 0.2) is 0 Å². The SMILES string of the molecule is CC=CCNC(C)(C)C. The zero-order valence-corrected chi connectivity index (χ0v) is 6.86. The molecule has 0 bridgehead atoms. The summed E-state index contributed by atoms with van der Waals surface area (Å²) in [6.45, 7) is 9.49. The Bertz CT molecular complexity index is 87.2. The predicted octanol–water partition coefficient (Wildman–Crippen LogP) is 1.95. The van der Waals surface area contributed by atoms with Crippen molar-refractivity contribution in [3.8, 4) is 0 Å². The van der Waals surface area contributed by atoms with Crippen LogP contribution in [0.1, 0.15) is 27.7 Å². The average molecular weight is 127 g/mol. The molecule has 0 aromatic carbocycles. The van der Waals surface area contributed by atoms with Crippen LogP contribution in [0.4, 0.5) is 0 Å². The van der Waals surface area contributed by atoms with Gasteiger partial charge in [-0.05, 0) is 27.7 Å². The van der Waals surface area contributed by atoms with Crippen LogP contribution in [0.2, 0.25) is 0 Å². The van der Waals surface area contributed by atoms with E-state index in [0.29, 0.717) is 0 Å². The van der Waals surface area contributed by atoms with Gasteiger partial charge < -0.3 is 5.32 Å². The predicted molar refractivity (Wildman–Crippen MR) is 42.6 cm³/mol. The quantitative estimate of drug-likeness (QED) is 0.559. The van der Waals surface area contributed by atoms with Crippen LogP contribution in [0.15, 0.2) is 12.2 Å². The largest absolute Gasteiger partial charge is 0.309 e. The highest BCUT2D eigenvalue weighted by Crippen LogP contribution is 1.96. The summed E-state index contributed by atoms with van der Waals surface area (Å²) >= 11 is 0. The Morgan fingerprint density at radius 2 is 1.89 bits per heavy atom. The number of allylic oxidation sites excluding steroid dienone is 1. The van der Waals surface area contributed by atoms with Gasteiger partial charge in [0.25, 0.3) is 0 Å². The summed E-state index contributed by atoms with van der Waals surface area (Å²) in [5.41, 5.74) is 0.250. The highest BCUT2D eigenvalue weighted by molar-refractivity contribution is 4.83. The van der Waals surface area contributed by atoms with Crippen molar-refractivity contribution in [1.82, 2.24) is 5.32 Å². The molecule has 9 heavy (non-hydrogen) atoms. The topological polar surface area (TPSA) is 12.0 Å². The van der Waals surface area contributed by atoms with Gasteiger partial charge in [-0.3, -0.25) is 0 Å². The first-order valence-electron chi connectivity index (χ1n) is 3.42. The Morgan fingerprint density at radius 3 is 2.22 bits per heavy atom. The maximum absolute atomic E-state index is 3.34. The summed E-state index contributed by atoms with van der Waals surface area (Å²) in [7, 11) is 0. The van der Waals surface area contributed by atoms with E-state index in [2.05, 4.69) is 38.2 Å². The van der Waals surface area contributed by atoms with Crippen LogP contribution < -0.4 is 5.32 Å². The Labute approximate surface area is 58.2 Å². The fourth-order valence-corrected chi connectivity index (χ4v) is 0.483. The molecule has 0 saturated heterocycles. The second-order valence-corrected chi connectivity index (χ2v) is 3.20. The Kier molecular flexibility index (Phi) is 3.55. The molecule has 54 valence electrons. The van der Waals surface area contributed by atoms with E-state index < -0.39 is 0 Å². The lowest BCUT2D eigenvalue weighted by molar-refractivity contribution is 0.449. The van der Waals surface area contributed by atoms with Crippen molar-refractivity contribution < 1.29 is 0 Å². The van der Waals surface area contributed by atoms with E-state index in [1.165, 1.54) is 0 Å². The van der Waals surface area contributed by atoms with Crippen LogP contribution in [-0.4, -0.2) is 12.1 Å². The zero-order chi connectivity index (χ0) is 7.33. The van der Waals surface area contributed by atoms with Crippen molar-refractivity contribution in [2.45, 2.75) is 33.2 Å². The third-order valence-corrected chi connectivity index (χ3v) is 0.986. The number of hydrogen-bond acceptors (Lipinski definition) is 1. The maximum atomic E-state index is 3.34. The molecule has 0 rings (SSSR count). The lowest BCUT2D eigenvalue weighted by Gasteiger charge is -2.18. The molecule has 0 aliphatic rings. The third-order valence-electron chi connectivity index (χ3n) is 0.986. The molecule has 0 saturated carbocycles. The first-order valence-corrected chi connectivity index (χ1v) is 3.42. The van der Waals surface area contributed by atoms with Crippen LogP contribution in [0.25, 0.3) is 0 Å². The van der Waals surface area contributed by atoms with Gasteiger partial charge in [0.1, 0.15) is 0 Å². The number of nitrogens with one attached hydrogen (secondary N) is 1. The van der Waals surface area contributed by atoms with Gasteiger partial charge in [0.2, 0.25) is 0 Å². The molecule has 0 aromatic rings. The first-order chi connectivity index (χ1) is 4.06. The molecule has 0 aliphatic heterocycles. The van der Waals surface area contributed by atoms with Gasteiger partial charge in [-0.2, -0.15) is 0 Å². The molecule has 0 atom stereocenters. The molecule has 1 N–H and O–H groups in total. The van der Waals surface area contributed by atoms with Crippen LogP contribution in [0.5, 0.6) is 0 Å². The summed E-state index contributed by atoms with van der Waals surface area (Å²) in [5.74, 6) is 0. The fraction of sp³-hybridized carbons (Fsp3) is 0.750. The van der Waals surface area contributed by atoms with Crippen LogP contribution >= 0.6 is 0 Å². The Balaban J connectivity index is 3.28. The monoisotopic (exact) mass is 127 g/mol. The van der Waals surface area contributed by atoms with Gasteiger partial charge in [0.05, 0.1) is 0 Å². The van der Waals surface area contributed by atoms with Crippen molar-refractivity contribution >= 4 is 0 Å². The summed E-state index contributed by atoms with van der Waals surface area (Å²) in [6.07, 6.45) is 4.17. The second kappa shape index (κ2) is 3.67. The summed E-state index contributed by atoms with van der Waals surface area (Å²) in [6, 6.07) is 0. The molecule has 1 nitrogen and oxygen atoms in total. The number of rotatable bonds is 2. The molecule has 0 fully saturated rings. The molecular weight excluding hydrogens is 110 g/mol. The summed E-state index contributed by atoms with van der Waals surface area (Å²) in [5, 5.41) is 3.34. The van der Waals surface area contributed by atoms with Crippen molar-refractivity contribution in [3.05, 3.63) is 12.2 Å². The first kappa shape index (κ1) is 8.70. The van der Waals surface area contributed by atoms with Crippen molar-refractivity contribution in [1.29, 1.82) is 0 Å². The van der Waals surface area contributed by atoms with Crippen molar-refractivity contribution in [3.63, 3.8) is 0 Å². The minimum absolute atomic E-state index is 0.250. The van der Waals surface area contributed by atoms with E-state index >= 15 is 0 Å². The zero-order valence-electron chi connectivity index (χ0n) is 6.86. The minimum Gasteiger partial charge on any atom is -0.309 e. The van der Waals surface area contributed by atoms with Gasteiger partial charge in [-0.1, -0.05) is 12.2 Å². The third kappa shape index (κ3) is 7.70. The van der Waals surface area contributed by atoms with E-state index in [1.54, 1.807) is 0 Å². The smallest absolute Gasteiger partial charge is 0.0139 e. The van der Waals surface area contributed by atoms with Gasteiger partial charge >= 0.3 is 0 Å².